The summed E-state index contributed by atoms with van der Waals surface area (Å²) in [6, 6.07) is 20.7. The predicted molar refractivity (Wildman–Crippen MR) is 246 cm³/mol. The Kier molecular flexibility index (Phi) is 10.4. The molecule has 1 saturated heterocycles. The SMILES string of the molecule is CCC1=C[C@@H]2CN(CCc3c([nH]c4ccccc34)[C@@](C(=O)OC)(c3cc4c(cc3OC)N(C)[C@H]3[C@@](O)(CNC(=O)c5ccccc5)[C@H](OC(C)=O)[C@]5(CC)C=CCN6CC[C@]43C65)C2)C1. The Morgan fingerprint density at radius 2 is 1.77 bits per heavy atom. The molecule has 1 spiro atoms. The van der Waals surface area contributed by atoms with E-state index in [0.717, 1.165) is 78.0 Å². The Morgan fingerprint density at radius 1 is 0.984 bits per heavy atom. The lowest BCUT2D eigenvalue weighted by molar-refractivity contribution is -0.216. The molecule has 1 amide bonds. The largest absolute Gasteiger partial charge is 0.496 e. The van der Waals surface area contributed by atoms with E-state index in [9.17, 15) is 14.7 Å². The zero-order chi connectivity index (χ0) is 44.8. The number of H-pyrrole nitrogens is 1. The average Bonchev–Trinajstić information content (AvgIpc) is 3.98. The summed E-state index contributed by atoms with van der Waals surface area (Å²) in [6.07, 6.45) is 9.05. The monoisotopic (exact) mass is 867 g/mol. The summed E-state index contributed by atoms with van der Waals surface area (Å²) >= 11 is 0. The van der Waals surface area contributed by atoms with Gasteiger partial charge in [0.1, 0.15) is 22.9 Å². The molecular weight excluding hydrogens is 807 g/mol. The van der Waals surface area contributed by atoms with Crippen molar-refractivity contribution in [2.24, 2.45) is 11.3 Å². The molecule has 3 aromatic carbocycles. The fourth-order valence-corrected chi connectivity index (χ4v) is 13.9. The van der Waals surface area contributed by atoms with Gasteiger partial charge in [-0.25, -0.2) is 0 Å². The van der Waals surface area contributed by atoms with Gasteiger partial charge >= 0.3 is 11.9 Å². The number of rotatable bonds is 9. The van der Waals surface area contributed by atoms with Crippen LogP contribution in [-0.2, 0) is 36.3 Å². The van der Waals surface area contributed by atoms with Gasteiger partial charge in [-0.05, 0) is 80.0 Å². The zero-order valence-corrected chi connectivity index (χ0v) is 37.9. The number of aromatic amines is 1. The number of aliphatic hydroxyl groups is 1. The molecule has 1 saturated carbocycles. The van der Waals surface area contributed by atoms with Crippen LogP contribution in [0.5, 0.6) is 5.75 Å². The predicted octanol–water partition coefficient (Wildman–Crippen LogP) is 6.05. The van der Waals surface area contributed by atoms with Crippen molar-refractivity contribution in [1.82, 2.24) is 20.1 Å². The Bertz CT molecular complexity index is 2590. The molecule has 0 radical (unpaired) electrons. The molecule has 336 valence electrons. The molecule has 9 atom stereocenters. The van der Waals surface area contributed by atoms with Crippen LogP contribution in [0.2, 0.25) is 0 Å². The Labute approximate surface area is 375 Å². The number of likely N-dealkylation sites (N-methyl/N-ethyl adjacent to an activating group) is 1. The number of hydrogen-bond acceptors (Lipinski definition) is 10. The van der Waals surface area contributed by atoms with Gasteiger partial charge in [0.25, 0.3) is 5.91 Å². The number of ether oxygens (including phenoxy) is 3. The number of nitrogens with zero attached hydrogens (tertiary/aromatic N) is 3. The van der Waals surface area contributed by atoms with Gasteiger partial charge in [-0.1, -0.05) is 74.0 Å². The number of aromatic nitrogens is 1. The molecule has 12 nitrogen and oxygen atoms in total. The molecule has 2 bridgehead atoms. The van der Waals surface area contributed by atoms with E-state index in [1.54, 1.807) is 19.2 Å². The summed E-state index contributed by atoms with van der Waals surface area (Å²) in [5.41, 5.74) is 2.58. The summed E-state index contributed by atoms with van der Waals surface area (Å²) in [6.45, 7) is 9.53. The van der Waals surface area contributed by atoms with E-state index in [1.807, 2.05) is 31.3 Å². The fourth-order valence-electron chi connectivity index (χ4n) is 13.9. The minimum Gasteiger partial charge on any atom is -0.496 e. The molecule has 64 heavy (non-hydrogen) atoms. The molecule has 2 unspecified atom stereocenters. The molecule has 4 aromatic rings. The van der Waals surface area contributed by atoms with E-state index in [0.29, 0.717) is 37.1 Å². The molecule has 12 heteroatoms. The van der Waals surface area contributed by atoms with Crippen molar-refractivity contribution in [2.45, 2.75) is 87.5 Å². The summed E-state index contributed by atoms with van der Waals surface area (Å²) in [7, 11) is 5.14. The molecule has 5 aliphatic heterocycles. The number of esters is 2. The highest BCUT2D eigenvalue weighted by atomic mass is 16.6. The van der Waals surface area contributed by atoms with Gasteiger partial charge in [-0.2, -0.15) is 0 Å². The Morgan fingerprint density at radius 3 is 2.50 bits per heavy atom. The van der Waals surface area contributed by atoms with Gasteiger partial charge in [-0.15, -0.1) is 0 Å². The van der Waals surface area contributed by atoms with Crippen LogP contribution >= 0.6 is 0 Å². The summed E-state index contributed by atoms with van der Waals surface area (Å²) in [5.74, 6) is -0.621. The van der Waals surface area contributed by atoms with E-state index in [-0.39, 0.29) is 30.4 Å². The second-order valence-electron chi connectivity index (χ2n) is 19.2. The molecule has 1 aromatic heterocycles. The quantitative estimate of drug-likeness (QED) is 0.135. The van der Waals surface area contributed by atoms with Crippen molar-refractivity contribution in [2.75, 3.05) is 65.4 Å². The minimum atomic E-state index is -1.79. The number of para-hydroxylation sites is 1. The maximum absolute atomic E-state index is 15.4. The maximum atomic E-state index is 15.4. The van der Waals surface area contributed by atoms with Crippen molar-refractivity contribution >= 4 is 34.4 Å². The van der Waals surface area contributed by atoms with Gasteiger partial charge in [0.05, 0.1) is 26.8 Å². The first-order valence-electron chi connectivity index (χ1n) is 23.1. The average molecular weight is 868 g/mol. The maximum Gasteiger partial charge on any atom is 0.322 e. The molecule has 10 rings (SSSR count). The first kappa shape index (κ1) is 42.5. The molecule has 2 fully saturated rings. The molecule has 3 N–H and O–H groups in total. The summed E-state index contributed by atoms with van der Waals surface area (Å²) < 4.78 is 18.9. The lowest BCUT2D eigenvalue weighted by Crippen LogP contribution is -2.81. The number of carbonyl (C=O) groups is 3. The number of nitrogens with one attached hydrogen (secondary N) is 2. The number of amides is 1. The second kappa shape index (κ2) is 15.6. The van der Waals surface area contributed by atoms with Gasteiger partial charge in [-0.3, -0.25) is 24.2 Å². The number of benzene rings is 3. The van der Waals surface area contributed by atoms with E-state index < -0.39 is 40.0 Å². The smallest absolute Gasteiger partial charge is 0.322 e. The molecule has 6 heterocycles. The van der Waals surface area contributed by atoms with Crippen LogP contribution in [0.3, 0.4) is 0 Å². The first-order valence-corrected chi connectivity index (χ1v) is 23.1. The number of methoxy groups -OCH3 is 2. The fraction of sp³-hybridized carbons (Fsp3) is 0.481. The van der Waals surface area contributed by atoms with Crippen LogP contribution in [0.15, 0.2) is 90.5 Å². The second-order valence-corrected chi connectivity index (χ2v) is 19.2. The van der Waals surface area contributed by atoms with Crippen molar-refractivity contribution in [1.29, 1.82) is 0 Å². The molecule has 1 aliphatic carbocycles. The number of carbonyl (C=O) groups excluding carboxylic acids is 3. The topological polar surface area (TPSA) is 137 Å². The third-order valence-electron chi connectivity index (χ3n) is 16.2. The normalized spacial score (nSPS) is 32.5. The molecule has 6 aliphatic rings. The van der Waals surface area contributed by atoms with Gasteiger partial charge < -0.3 is 34.5 Å². The van der Waals surface area contributed by atoms with Crippen LogP contribution in [0.1, 0.15) is 79.2 Å². The van der Waals surface area contributed by atoms with E-state index >= 15 is 4.79 Å². The Hall–Kier alpha value is -5.43. The van der Waals surface area contributed by atoms with Gasteiger partial charge in [0, 0.05) is 96.5 Å². The zero-order valence-electron chi connectivity index (χ0n) is 37.9. The highest BCUT2D eigenvalue weighted by Gasteiger charge is 2.78. The number of fused-ring (bicyclic) bond motifs is 6. The lowest BCUT2D eigenvalue weighted by Gasteiger charge is -2.64. The third-order valence-corrected chi connectivity index (χ3v) is 16.2. The van der Waals surface area contributed by atoms with Crippen molar-refractivity contribution in [3.63, 3.8) is 0 Å². The van der Waals surface area contributed by atoms with Crippen LogP contribution < -0.4 is 15.0 Å². The van der Waals surface area contributed by atoms with E-state index in [1.165, 1.54) is 19.6 Å². The van der Waals surface area contributed by atoms with E-state index in [4.69, 9.17) is 14.2 Å². The van der Waals surface area contributed by atoms with Gasteiger partial charge in [0.15, 0.2) is 0 Å². The minimum absolute atomic E-state index is 0.0300. The lowest BCUT2D eigenvalue weighted by atomic mass is 9.47. The van der Waals surface area contributed by atoms with Gasteiger partial charge in [0.2, 0.25) is 0 Å². The summed E-state index contributed by atoms with van der Waals surface area (Å²) in [5, 5.41) is 18.1. The van der Waals surface area contributed by atoms with Crippen molar-refractivity contribution in [3.05, 3.63) is 118 Å². The van der Waals surface area contributed by atoms with E-state index in [2.05, 4.69) is 87.4 Å². The summed E-state index contributed by atoms with van der Waals surface area (Å²) in [4.78, 5) is 53.6. The standard InChI is InChI=1S/C52H61N5O7/c1-7-33-25-34-28-51(48(60)63-6,43-37(19-23-56(29-33)30-34)36-17-12-13-18-40(36)54-43)39-26-38-41(27-42(39)62-5)55(4)46-50(38)21-24-57-22-14-20-49(8-2,45(50)57)47(64-32(3)58)52(46,61)31-53-44(59)35-15-10-9-11-16-35/h9-18,20,25-27,34,45-47,54,61H,7-8,19,21-24,28-31H2,1-6H3,(H,53,59)/t34-,45?,46+,47+,49+,50+,51-,52-/m0/s1. The highest BCUT2D eigenvalue weighted by Crippen LogP contribution is 2.68. The van der Waals surface area contributed by atoms with Crippen LogP contribution in [0.25, 0.3) is 10.9 Å². The number of anilines is 1. The Balaban J connectivity index is 1.24. The van der Waals surface area contributed by atoms with Crippen molar-refractivity contribution < 1.29 is 33.7 Å². The first-order chi connectivity index (χ1) is 30.9. The van der Waals surface area contributed by atoms with Crippen LogP contribution in [-0.4, -0.2) is 122 Å². The van der Waals surface area contributed by atoms with Crippen LogP contribution in [0, 0.1) is 11.3 Å². The third kappa shape index (κ3) is 5.93. The van der Waals surface area contributed by atoms with Crippen LogP contribution in [0.4, 0.5) is 5.69 Å². The number of hydrogen-bond donors (Lipinski definition) is 3. The molecular formula is C52H61N5O7. The van der Waals surface area contributed by atoms with Crippen molar-refractivity contribution in [3.8, 4) is 5.75 Å². The highest BCUT2D eigenvalue weighted by molar-refractivity contribution is 5.95.